The maximum Gasteiger partial charge on any atom is 0.322 e. The number of aromatic nitrogens is 2. The SMILES string of the molecule is CC(=NOCc1ccccc1)C(Cc1ccc(OCCc2nc(-c3ccccc3)oc2C)cc1)C(=O)OC(=O)C(Cc1ccc(OCCc2nc(-c3ccccc3)oc2C)cc1)C(C)=NOC(C)C. The third-order valence-corrected chi connectivity index (χ3v) is 11.2. The van der Waals surface area contributed by atoms with Gasteiger partial charge in [0.25, 0.3) is 0 Å². The predicted molar refractivity (Wildman–Crippen MR) is 264 cm³/mol. The summed E-state index contributed by atoms with van der Waals surface area (Å²) < 4.78 is 29.7. The average Bonchev–Trinajstić information content (AvgIpc) is 3.93. The summed E-state index contributed by atoms with van der Waals surface area (Å²) in [6.07, 6.45) is 1.25. The van der Waals surface area contributed by atoms with Gasteiger partial charge in [-0.3, -0.25) is 9.59 Å². The van der Waals surface area contributed by atoms with E-state index in [1.165, 1.54) is 0 Å². The number of hydrogen-bond donors (Lipinski definition) is 0. The number of carbonyl (C=O) groups is 2. The topological polar surface area (TPSA) is 157 Å². The molecule has 356 valence electrons. The molecule has 0 fully saturated rings. The zero-order valence-corrected chi connectivity index (χ0v) is 39.9. The second kappa shape index (κ2) is 24.3. The molecule has 7 rings (SSSR count). The van der Waals surface area contributed by atoms with E-state index in [1.54, 1.807) is 13.8 Å². The quantitative estimate of drug-likeness (QED) is 0.0260. The molecule has 0 amide bonds. The average molecular weight is 931 g/mol. The van der Waals surface area contributed by atoms with Gasteiger partial charge in [-0.1, -0.05) is 101 Å². The van der Waals surface area contributed by atoms with Gasteiger partial charge in [0.2, 0.25) is 11.8 Å². The number of esters is 2. The lowest BCUT2D eigenvalue weighted by Crippen LogP contribution is -2.34. The summed E-state index contributed by atoms with van der Waals surface area (Å²) in [5.74, 6) is 0.503. The van der Waals surface area contributed by atoms with E-state index in [-0.39, 0.29) is 25.6 Å². The largest absolute Gasteiger partial charge is 0.493 e. The van der Waals surface area contributed by atoms with Crippen molar-refractivity contribution in [2.75, 3.05) is 13.2 Å². The van der Waals surface area contributed by atoms with Crippen LogP contribution in [0.1, 0.15) is 67.3 Å². The molecule has 0 spiro atoms. The van der Waals surface area contributed by atoms with Gasteiger partial charge in [0.1, 0.15) is 47.6 Å². The minimum Gasteiger partial charge on any atom is -0.493 e. The van der Waals surface area contributed by atoms with E-state index < -0.39 is 23.8 Å². The number of benzene rings is 5. The van der Waals surface area contributed by atoms with E-state index in [0.717, 1.165) is 50.7 Å². The van der Waals surface area contributed by atoms with E-state index in [1.807, 2.05) is 167 Å². The fourth-order valence-electron chi connectivity index (χ4n) is 7.32. The molecule has 69 heavy (non-hydrogen) atoms. The first-order valence-corrected chi connectivity index (χ1v) is 23.1. The summed E-state index contributed by atoms with van der Waals surface area (Å²) in [6.45, 7) is 11.8. The summed E-state index contributed by atoms with van der Waals surface area (Å²) in [4.78, 5) is 48.9. The molecule has 0 radical (unpaired) electrons. The fraction of sp³-hybridized carbons (Fsp3) is 0.286. The maximum atomic E-state index is 14.2. The van der Waals surface area contributed by atoms with E-state index in [0.29, 0.717) is 60.8 Å². The van der Waals surface area contributed by atoms with Gasteiger partial charge < -0.3 is 32.7 Å². The van der Waals surface area contributed by atoms with Crippen LogP contribution >= 0.6 is 0 Å². The van der Waals surface area contributed by atoms with Gasteiger partial charge in [-0.15, -0.1) is 0 Å². The molecule has 0 N–H and O–H groups in total. The predicted octanol–water partition coefficient (Wildman–Crippen LogP) is 11.3. The Labute approximate surface area is 403 Å². The van der Waals surface area contributed by atoms with Gasteiger partial charge >= 0.3 is 11.9 Å². The molecule has 7 aromatic rings. The molecule has 0 saturated carbocycles. The van der Waals surface area contributed by atoms with Crippen LogP contribution in [0.4, 0.5) is 0 Å². The summed E-state index contributed by atoms with van der Waals surface area (Å²) in [5.41, 5.74) is 6.70. The molecule has 0 aliphatic carbocycles. The fourth-order valence-corrected chi connectivity index (χ4v) is 7.32. The molecule has 2 heterocycles. The second-order valence-electron chi connectivity index (χ2n) is 16.9. The van der Waals surface area contributed by atoms with Crippen molar-refractivity contribution in [1.29, 1.82) is 0 Å². The third kappa shape index (κ3) is 14.4. The summed E-state index contributed by atoms with van der Waals surface area (Å²) >= 11 is 0. The van der Waals surface area contributed by atoms with Crippen molar-refractivity contribution in [1.82, 2.24) is 9.97 Å². The molecule has 5 aromatic carbocycles. The molecule has 0 bridgehead atoms. The molecule has 2 unspecified atom stereocenters. The van der Waals surface area contributed by atoms with Crippen LogP contribution in [0, 0.1) is 25.7 Å². The van der Waals surface area contributed by atoms with E-state index >= 15 is 0 Å². The molecular weight excluding hydrogens is 873 g/mol. The Bertz CT molecular complexity index is 2780. The summed E-state index contributed by atoms with van der Waals surface area (Å²) in [5, 5.41) is 8.57. The number of nitrogens with zero attached hydrogens (tertiary/aromatic N) is 4. The van der Waals surface area contributed by atoms with Gasteiger partial charge in [-0.25, -0.2) is 9.97 Å². The van der Waals surface area contributed by atoms with Crippen LogP contribution in [0.5, 0.6) is 11.5 Å². The molecular formula is C56H58N4O9. The van der Waals surface area contributed by atoms with Crippen LogP contribution in [0.15, 0.2) is 159 Å². The zero-order valence-electron chi connectivity index (χ0n) is 39.9. The Balaban J connectivity index is 0.996. The molecule has 0 aliphatic rings. The highest BCUT2D eigenvalue weighted by molar-refractivity contribution is 6.08. The minimum absolute atomic E-state index is 0.177. The highest BCUT2D eigenvalue weighted by atomic mass is 16.6. The van der Waals surface area contributed by atoms with E-state index in [2.05, 4.69) is 20.3 Å². The minimum atomic E-state index is -0.961. The van der Waals surface area contributed by atoms with Crippen LogP contribution in [-0.2, 0) is 56.3 Å². The van der Waals surface area contributed by atoms with Crippen molar-refractivity contribution in [2.24, 2.45) is 22.1 Å². The van der Waals surface area contributed by atoms with Gasteiger partial charge in [0.15, 0.2) is 0 Å². The first-order valence-electron chi connectivity index (χ1n) is 23.1. The third-order valence-electron chi connectivity index (χ3n) is 11.2. The van der Waals surface area contributed by atoms with Crippen molar-refractivity contribution < 1.29 is 42.3 Å². The molecule has 2 atom stereocenters. The number of hydrogen-bond acceptors (Lipinski definition) is 13. The Morgan fingerprint density at radius 1 is 0.551 bits per heavy atom. The van der Waals surface area contributed by atoms with Crippen LogP contribution in [-0.4, -0.2) is 52.6 Å². The molecule has 0 aliphatic heterocycles. The monoisotopic (exact) mass is 930 g/mol. The van der Waals surface area contributed by atoms with Crippen molar-refractivity contribution in [3.63, 3.8) is 0 Å². The lowest BCUT2D eigenvalue weighted by Gasteiger charge is -2.19. The highest BCUT2D eigenvalue weighted by Crippen LogP contribution is 2.25. The van der Waals surface area contributed by atoms with Gasteiger partial charge in [-0.2, -0.15) is 0 Å². The van der Waals surface area contributed by atoms with Crippen LogP contribution < -0.4 is 9.47 Å². The number of ether oxygens (including phenoxy) is 3. The zero-order chi connectivity index (χ0) is 48.5. The van der Waals surface area contributed by atoms with Crippen molar-refractivity contribution in [3.8, 4) is 34.4 Å². The van der Waals surface area contributed by atoms with Crippen molar-refractivity contribution in [3.05, 3.63) is 179 Å². The lowest BCUT2D eigenvalue weighted by atomic mass is 9.94. The number of oxime groups is 2. The lowest BCUT2D eigenvalue weighted by molar-refractivity contribution is -0.162. The number of rotatable bonds is 23. The van der Waals surface area contributed by atoms with E-state index in [4.69, 9.17) is 32.7 Å². The van der Waals surface area contributed by atoms with Gasteiger partial charge in [-0.05, 0) is 120 Å². The number of oxazole rings is 2. The van der Waals surface area contributed by atoms with Crippen molar-refractivity contribution >= 4 is 23.4 Å². The summed E-state index contributed by atoms with van der Waals surface area (Å²) in [7, 11) is 0. The highest BCUT2D eigenvalue weighted by Gasteiger charge is 2.32. The summed E-state index contributed by atoms with van der Waals surface area (Å²) in [6, 6.07) is 44.0. The smallest absolute Gasteiger partial charge is 0.322 e. The second-order valence-corrected chi connectivity index (χ2v) is 16.9. The Morgan fingerprint density at radius 2 is 0.971 bits per heavy atom. The Hall–Kier alpha value is -7.80. The van der Waals surface area contributed by atoms with Crippen LogP contribution in [0.3, 0.4) is 0 Å². The Morgan fingerprint density at radius 3 is 1.41 bits per heavy atom. The van der Waals surface area contributed by atoms with Crippen LogP contribution in [0.25, 0.3) is 22.9 Å². The molecule has 0 saturated heterocycles. The van der Waals surface area contributed by atoms with E-state index in [9.17, 15) is 9.59 Å². The maximum absolute atomic E-state index is 14.2. The van der Waals surface area contributed by atoms with Crippen LogP contribution in [0.2, 0.25) is 0 Å². The standard InChI is InChI=1S/C56H58N4O9/c1-37(2)69-60-39(4)50(35-43-24-28-48(29-25-43)64-33-31-52-41(6)67-54(58-52)46-20-14-9-15-21-46)56(62)68-55(61)49(38(3)59-65-36-44-16-10-7-11-17-44)34-42-22-26-47(27-23-42)63-32-30-51-40(5)66-53(57-51)45-18-12-8-13-19-45/h7-29,37,49-50H,30-36H2,1-6H3. The first-order chi connectivity index (χ1) is 33.5. The number of aryl methyl sites for hydroxylation is 2. The molecule has 2 aromatic heterocycles. The van der Waals surface area contributed by atoms with Gasteiger partial charge in [0, 0.05) is 24.0 Å². The first kappa shape index (κ1) is 49.1. The molecule has 13 heteroatoms. The number of carbonyl (C=O) groups excluding carboxylic acids is 2. The molecule has 13 nitrogen and oxygen atoms in total. The Kier molecular flexibility index (Phi) is 17.3. The normalized spacial score (nSPS) is 12.6. The van der Waals surface area contributed by atoms with Crippen molar-refractivity contribution in [2.45, 2.75) is 79.9 Å². The van der Waals surface area contributed by atoms with Gasteiger partial charge in [0.05, 0.1) is 36.0 Å².